The molecule has 3 heteroatoms. The summed E-state index contributed by atoms with van der Waals surface area (Å²) in [4.78, 5) is 5.14. The fourth-order valence-electron chi connectivity index (χ4n) is 3.39. The van der Waals surface area contributed by atoms with Crippen LogP contribution in [0.25, 0.3) is 0 Å². The maximum absolute atomic E-state index is 3.78. The highest BCUT2D eigenvalue weighted by Crippen LogP contribution is 2.25. The third-order valence-electron chi connectivity index (χ3n) is 4.65. The maximum atomic E-state index is 3.78. The monoisotopic (exact) mass is 253 g/mol. The molecule has 1 N–H and O–H groups in total. The summed E-state index contributed by atoms with van der Waals surface area (Å²) in [7, 11) is 2.24. The Bertz CT molecular complexity index is 224. The maximum Gasteiger partial charge on any atom is 0.0110 e. The van der Waals surface area contributed by atoms with Gasteiger partial charge in [0.15, 0.2) is 0 Å². The summed E-state index contributed by atoms with van der Waals surface area (Å²) >= 11 is 0. The molecule has 1 heterocycles. The van der Waals surface area contributed by atoms with Crippen LogP contribution >= 0.6 is 0 Å². The van der Waals surface area contributed by atoms with Crippen LogP contribution in [0.3, 0.4) is 0 Å². The van der Waals surface area contributed by atoms with Crippen molar-refractivity contribution < 1.29 is 0 Å². The van der Waals surface area contributed by atoms with Gasteiger partial charge in [0.1, 0.15) is 0 Å². The lowest BCUT2D eigenvalue weighted by molar-refractivity contribution is 0.112. The molecule has 0 aromatic heterocycles. The zero-order valence-corrected chi connectivity index (χ0v) is 12.3. The van der Waals surface area contributed by atoms with E-state index in [2.05, 4.69) is 29.1 Å². The van der Waals surface area contributed by atoms with Gasteiger partial charge >= 0.3 is 0 Å². The minimum absolute atomic E-state index is 0.790. The number of nitrogens with one attached hydrogen (secondary N) is 1. The topological polar surface area (TPSA) is 18.5 Å². The number of hydrogen-bond donors (Lipinski definition) is 1. The largest absolute Gasteiger partial charge is 0.314 e. The summed E-state index contributed by atoms with van der Waals surface area (Å²) < 4.78 is 0. The number of rotatable bonds is 5. The van der Waals surface area contributed by atoms with E-state index in [1.807, 2.05) is 0 Å². The van der Waals surface area contributed by atoms with Crippen molar-refractivity contribution in [3.63, 3.8) is 0 Å². The van der Waals surface area contributed by atoms with Crippen molar-refractivity contribution in [1.29, 1.82) is 0 Å². The average Bonchev–Trinajstić information content (AvgIpc) is 2.40. The van der Waals surface area contributed by atoms with Gasteiger partial charge in [0.25, 0.3) is 0 Å². The molecule has 0 aromatic carbocycles. The standard InChI is InChI=1S/C15H31N3/c1-3-8-16-15-7-5-4-6-14(15)13-18-11-9-17(2)10-12-18/h14-16H,3-13H2,1-2H3. The molecule has 0 radical (unpaired) electrons. The molecule has 106 valence electrons. The van der Waals surface area contributed by atoms with Crippen LogP contribution in [-0.4, -0.2) is 62.2 Å². The smallest absolute Gasteiger partial charge is 0.0110 e. The van der Waals surface area contributed by atoms with E-state index in [1.165, 1.54) is 71.4 Å². The van der Waals surface area contributed by atoms with E-state index in [0.29, 0.717) is 0 Å². The molecule has 0 aromatic rings. The third kappa shape index (κ3) is 4.22. The van der Waals surface area contributed by atoms with Crippen LogP contribution in [0, 0.1) is 5.92 Å². The first-order valence-electron chi connectivity index (χ1n) is 7.94. The molecule has 2 aliphatic rings. The molecule has 1 aliphatic carbocycles. The molecular formula is C15H31N3. The van der Waals surface area contributed by atoms with Crippen LogP contribution in [0.5, 0.6) is 0 Å². The fraction of sp³-hybridized carbons (Fsp3) is 1.00. The van der Waals surface area contributed by atoms with Gasteiger partial charge in [-0.2, -0.15) is 0 Å². The van der Waals surface area contributed by atoms with E-state index in [4.69, 9.17) is 0 Å². The van der Waals surface area contributed by atoms with E-state index in [0.717, 1.165) is 12.0 Å². The van der Waals surface area contributed by atoms with E-state index in [1.54, 1.807) is 0 Å². The second kappa shape index (κ2) is 7.46. The van der Waals surface area contributed by atoms with Crippen LogP contribution in [0.4, 0.5) is 0 Å². The normalized spacial score (nSPS) is 31.7. The fourth-order valence-corrected chi connectivity index (χ4v) is 3.39. The molecule has 2 rings (SSSR count). The Labute approximate surface area is 113 Å². The van der Waals surface area contributed by atoms with Crippen molar-refractivity contribution in [2.45, 2.75) is 45.1 Å². The summed E-state index contributed by atoms with van der Waals surface area (Å²) in [6.07, 6.45) is 6.98. The zero-order chi connectivity index (χ0) is 12.8. The van der Waals surface area contributed by atoms with Gasteiger partial charge < -0.3 is 15.1 Å². The first-order chi connectivity index (χ1) is 8.79. The Morgan fingerprint density at radius 3 is 2.50 bits per heavy atom. The van der Waals surface area contributed by atoms with E-state index < -0.39 is 0 Å². The van der Waals surface area contributed by atoms with E-state index in [-0.39, 0.29) is 0 Å². The minimum atomic E-state index is 0.790. The Kier molecular flexibility index (Phi) is 5.93. The van der Waals surface area contributed by atoms with Crippen molar-refractivity contribution in [2.75, 3.05) is 46.3 Å². The summed E-state index contributed by atoms with van der Waals surface area (Å²) in [5.41, 5.74) is 0. The highest BCUT2D eigenvalue weighted by Gasteiger charge is 2.27. The predicted octanol–water partition coefficient (Wildman–Crippen LogP) is 1.79. The highest BCUT2D eigenvalue weighted by molar-refractivity contribution is 4.84. The molecule has 2 fully saturated rings. The number of hydrogen-bond acceptors (Lipinski definition) is 3. The molecule has 0 amide bonds. The molecule has 1 saturated heterocycles. The van der Waals surface area contributed by atoms with Gasteiger partial charge in [-0.15, -0.1) is 0 Å². The molecule has 2 atom stereocenters. The van der Waals surface area contributed by atoms with Crippen molar-refractivity contribution in [3.8, 4) is 0 Å². The van der Waals surface area contributed by atoms with Crippen LogP contribution in [0.2, 0.25) is 0 Å². The van der Waals surface area contributed by atoms with Crippen molar-refractivity contribution in [2.24, 2.45) is 5.92 Å². The molecule has 18 heavy (non-hydrogen) atoms. The minimum Gasteiger partial charge on any atom is -0.314 e. The highest BCUT2D eigenvalue weighted by atomic mass is 15.2. The first-order valence-corrected chi connectivity index (χ1v) is 7.94. The molecule has 3 nitrogen and oxygen atoms in total. The molecule has 1 aliphatic heterocycles. The van der Waals surface area contributed by atoms with Crippen LogP contribution < -0.4 is 5.32 Å². The number of likely N-dealkylation sites (N-methyl/N-ethyl adjacent to an activating group) is 1. The lowest BCUT2D eigenvalue weighted by atomic mass is 9.84. The molecular weight excluding hydrogens is 222 g/mol. The van der Waals surface area contributed by atoms with Crippen molar-refractivity contribution >= 4 is 0 Å². The van der Waals surface area contributed by atoms with Crippen molar-refractivity contribution in [3.05, 3.63) is 0 Å². The van der Waals surface area contributed by atoms with Crippen LogP contribution in [-0.2, 0) is 0 Å². The van der Waals surface area contributed by atoms with Gasteiger partial charge in [-0.25, -0.2) is 0 Å². The second-order valence-electron chi connectivity index (χ2n) is 6.21. The summed E-state index contributed by atoms with van der Waals surface area (Å²) in [6, 6.07) is 0.790. The van der Waals surface area contributed by atoms with E-state index >= 15 is 0 Å². The van der Waals surface area contributed by atoms with Crippen molar-refractivity contribution in [1.82, 2.24) is 15.1 Å². The Morgan fingerprint density at radius 1 is 1.06 bits per heavy atom. The quantitative estimate of drug-likeness (QED) is 0.806. The molecule has 0 spiro atoms. The van der Waals surface area contributed by atoms with E-state index in [9.17, 15) is 0 Å². The Balaban J connectivity index is 1.77. The first kappa shape index (κ1) is 14.3. The van der Waals surface area contributed by atoms with Gasteiger partial charge in [-0.1, -0.05) is 19.8 Å². The zero-order valence-electron chi connectivity index (χ0n) is 12.3. The average molecular weight is 253 g/mol. The van der Waals surface area contributed by atoms with Gasteiger partial charge in [0, 0.05) is 38.8 Å². The molecule has 2 unspecified atom stereocenters. The van der Waals surface area contributed by atoms with Gasteiger partial charge in [-0.05, 0) is 38.8 Å². The third-order valence-corrected chi connectivity index (χ3v) is 4.65. The Morgan fingerprint density at radius 2 is 1.78 bits per heavy atom. The number of nitrogens with zero attached hydrogens (tertiary/aromatic N) is 2. The van der Waals surface area contributed by atoms with Gasteiger partial charge in [0.2, 0.25) is 0 Å². The Hall–Kier alpha value is -0.120. The predicted molar refractivity (Wildman–Crippen MR) is 78.0 cm³/mol. The van der Waals surface area contributed by atoms with Crippen LogP contribution in [0.1, 0.15) is 39.0 Å². The molecule has 1 saturated carbocycles. The van der Waals surface area contributed by atoms with Gasteiger partial charge in [0.05, 0.1) is 0 Å². The summed E-state index contributed by atoms with van der Waals surface area (Å²) in [6.45, 7) is 9.84. The summed E-state index contributed by atoms with van der Waals surface area (Å²) in [5, 5.41) is 3.78. The second-order valence-corrected chi connectivity index (χ2v) is 6.21. The number of piperazine rings is 1. The summed E-state index contributed by atoms with van der Waals surface area (Å²) in [5.74, 6) is 0.897. The van der Waals surface area contributed by atoms with Crippen LogP contribution in [0.15, 0.2) is 0 Å². The molecule has 0 bridgehead atoms. The van der Waals surface area contributed by atoms with Gasteiger partial charge in [-0.3, -0.25) is 0 Å². The lowest BCUT2D eigenvalue weighted by Crippen LogP contribution is -2.50. The lowest BCUT2D eigenvalue weighted by Gasteiger charge is -2.39. The SMILES string of the molecule is CCCNC1CCCCC1CN1CCN(C)CC1.